The van der Waals surface area contributed by atoms with Gasteiger partial charge in [-0.15, -0.1) is 12.4 Å². The van der Waals surface area contributed by atoms with Gasteiger partial charge in [0.15, 0.2) is 6.61 Å². The zero-order valence-corrected chi connectivity index (χ0v) is 14.0. The summed E-state index contributed by atoms with van der Waals surface area (Å²) in [5.41, 5.74) is 11.1. The van der Waals surface area contributed by atoms with E-state index in [1.807, 2.05) is 13.8 Å². The van der Waals surface area contributed by atoms with Crippen LogP contribution in [0.15, 0.2) is 24.3 Å². The van der Waals surface area contributed by atoms with Crippen LogP contribution in [0.5, 0.6) is 5.75 Å². The van der Waals surface area contributed by atoms with Gasteiger partial charge in [-0.3, -0.25) is 9.59 Å². The topological polar surface area (TPSA) is 98.7 Å². The number of nitrogens with two attached hydrogens (primary N) is 2. The maximum Gasteiger partial charge on any atom is 0.255 e. The highest BCUT2D eigenvalue weighted by Crippen LogP contribution is 2.17. The van der Waals surface area contributed by atoms with Gasteiger partial charge in [-0.05, 0) is 36.2 Å². The Balaban J connectivity index is 0.00000441. The maximum atomic E-state index is 12.3. The fraction of sp³-hybridized carbons (Fsp3) is 0.467. The van der Waals surface area contributed by atoms with E-state index in [4.69, 9.17) is 16.2 Å². The van der Waals surface area contributed by atoms with Crippen molar-refractivity contribution in [1.82, 2.24) is 4.90 Å². The van der Waals surface area contributed by atoms with Gasteiger partial charge in [0.05, 0.1) is 0 Å². The molecule has 1 aromatic carbocycles. The molecule has 1 rings (SSSR count). The van der Waals surface area contributed by atoms with Crippen molar-refractivity contribution < 1.29 is 14.3 Å². The molecule has 0 aliphatic heterocycles. The van der Waals surface area contributed by atoms with Gasteiger partial charge in [0.25, 0.3) is 11.8 Å². The first-order chi connectivity index (χ1) is 9.75. The molecule has 0 saturated heterocycles. The minimum atomic E-state index is -0.543. The van der Waals surface area contributed by atoms with E-state index in [1.165, 1.54) is 0 Å². The first-order valence-electron chi connectivity index (χ1n) is 6.72. The summed E-state index contributed by atoms with van der Waals surface area (Å²) < 4.78 is 5.14. The Labute approximate surface area is 137 Å². The Morgan fingerprint density at radius 2 is 1.77 bits per heavy atom. The third-order valence-corrected chi connectivity index (χ3v) is 3.05. The second kappa shape index (κ2) is 8.60. The molecule has 0 bridgehead atoms. The van der Waals surface area contributed by atoms with Crippen molar-refractivity contribution in [2.75, 3.05) is 26.7 Å². The summed E-state index contributed by atoms with van der Waals surface area (Å²) in [6.07, 6.45) is 0. The number of hydrogen-bond donors (Lipinski definition) is 2. The predicted molar refractivity (Wildman–Crippen MR) is 88.2 cm³/mol. The molecule has 1 aromatic rings. The Morgan fingerprint density at radius 3 is 2.23 bits per heavy atom. The van der Waals surface area contributed by atoms with Crippen molar-refractivity contribution in [3.63, 3.8) is 0 Å². The smallest absolute Gasteiger partial charge is 0.255 e. The van der Waals surface area contributed by atoms with Gasteiger partial charge < -0.3 is 21.1 Å². The summed E-state index contributed by atoms with van der Waals surface area (Å²) in [6.45, 7) is 4.92. The summed E-state index contributed by atoms with van der Waals surface area (Å²) in [4.78, 5) is 24.6. The van der Waals surface area contributed by atoms with Gasteiger partial charge >= 0.3 is 0 Å². The van der Waals surface area contributed by atoms with Crippen molar-refractivity contribution in [1.29, 1.82) is 0 Å². The average molecular weight is 330 g/mol. The molecule has 124 valence electrons. The molecule has 0 atom stereocenters. The van der Waals surface area contributed by atoms with E-state index in [1.54, 1.807) is 36.2 Å². The molecule has 7 heteroatoms. The van der Waals surface area contributed by atoms with Crippen LogP contribution in [0.25, 0.3) is 0 Å². The van der Waals surface area contributed by atoms with E-state index in [2.05, 4.69) is 0 Å². The van der Waals surface area contributed by atoms with Crippen molar-refractivity contribution in [3.8, 4) is 5.75 Å². The van der Waals surface area contributed by atoms with Crippen LogP contribution in [0.4, 0.5) is 0 Å². The number of carbonyl (C=O) groups excluding carboxylic acids is 2. The summed E-state index contributed by atoms with van der Waals surface area (Å²) in [7, 11) is 1.75. The Morgan fingerprint density at radius 1 is 1.23 bits per heavy atom. The van der Waals surface area contributed by atoms with Crippen LogP contribution in [0.1, 0.15) is 24.2 Å². The van der Waals surface area contributed by atoms with Crippen molar-refractivity contribution in [2.45, 2.75) is 13.8 Å². The number of halogens is 1. The van der Waals surface area contributed by atoms with Gasteiger partial charge in [0.1, 0.15) is 5.75 Å². The van der Waals surface area contributed by atoms with E-state index in [0.717, 1.165) is 0 Å². The minimum absolute atomic E-state index is 0. The summed E-state index contributed by atoms with van der Waals surface area (Å²) in [5.74, 6) is -0.132. The maximum absolute atomic E-state index is 12.3. The van der Waals surface area contributed by atoms with E-state index in [0.29, 0.717) is 24.4 Å². The number of ether oxygens (including phenoxy) is 1. The van der Waals surface area contributed by atoms with Gasteiger partial charge in [-0.2, -0.15) is 0 Å². The third-order valence-electron chi connectivity index (χ3n) is 3.05. The van der Waals surface area contributed by atoms with Crippen LogP contribution < -0.4 is 16.2 Å². The fourth-order valence-corrected chi connectivity index (χ4v) is 1.85. The lowest BCUT2D eigenvalue weighted by Gasteiger charge is -2.29. The summed E-state index contributed by atoms with van der Waals surface area (Å²) in [6, 6.07) is 6.59. The van der Waals surface area contributed by atoms with E-state index in [9.17, 15) is 9.59 Å². The molecule has 0 saturated carbocycles. The van der Waals surface area contributed by atoms with Gasteiger partial charge in [0, 0.05) is 19.2 Å². The molecule has 0 heterocycles. The van der Waals surface area contributed by atoms with E-state index < -0.39 is 5.91 Å². The molecular weight excluding hydrogens is 306 g/mol. The predicted octanol–water partition coefficient (Wildman–Crippen LogP) is 1.03. The molecule has 4 N–H and O–H groups in total. The monoisotopic (exact) mass is 329 g/mol. The molecule has 22 heavy (non-hydrogen) atoms. The lowest BCUT2D eigenvalue weighted by Crippen LogP contribution is -2.39. The second-order valence-corrected chi connectivity index (χ2v) is 5.81. The first-order valence-corrected chi connectivity index (χ1v) is 6.72. The Kier molecular flexibility index (Phi) is 7.90. The van der Waals surface area contributed by atoms with Gasteiger partial charge in [-0.25, -0.2) is 0 Å². The normalized spacial score (nSPS) is 10.5. The van der Waals surface area contributed by atoms with Crippen LogP contribution in [-0.4, -0.2) is 43.5 Å². The standard InChI is InChI=1S/C15H23N3O3.ClH/c1-15(2,9-16)10-18(3)14(20)11-4-6-12(7-5-11)21-8-13(17)19;/h4-7H,8-10,16H2,1-3H3,(H2,17,19);1H. The molecule has 0 fully saturated rings. The lowest BCUT2D eigenvalue weighted by atomic mass is 9.93. The van der Waals surface area contributed by atoms with Crippen molar-refractivity contribution >= 4 is 24.2 Å². The molecule has 0 unspecified atom stereocenters. The zero-order chi connectivity index (χ0) is 16.0. The molecule has 0 radical (unpaired) electrons. The molecule has 0 aromatic heterocycles. The van der Waals surface area contributed by atoms with Crippen molar-refractivity contribution in [3.05, 3.63) is 29.8 Å². The van der Waals surface area contributed by atoms with Crippen LogP contribution >= 0.6 is 12.4 Å². The lowest BCUT2D eigenvalue weighted by molar-refractivity contribution is -0.119. The summed E-state index contributed by atoms with van der Waals surface area (Å²) in [5, 5.41) is 0. The van der Waals surface area contributed by atoms with Crippen LogP contribution in [-0.2, 0) is 4.79 Å². The molecule has 6 nitrogen and oxygen atoms in total. The Hall–Kier alpha value is -1.79. The average Bonchev–Trinajstić information content (AvgIpc) is 2.44. The molecule has 0 spiro atoms. The third kappa shape index (κ3) is 6.32. The highest BCUT2D eigenvalue weighted by molar-refractivity contribution is 5.94. The molecule has 0 aliphatic rings. The number of primary amides is 1. The quantitative estimate of drug-likeness (QED) is 0.780. The van der Waals surface area contributed by atoms with E-state index >= 15 is 0 Å². The number of nitrogens with zero attached hydrogens (tertiary/aromatic N) is 1. The Bertz CT molecular complexity index is 503. The van der Waals surface area contributed by atoms with Crippen molar-refractivity contribution in [2.24, 2.45) is 16.9 Å². The molecule has 2 amide bonds. The molecule has 0 aliphatic carbocycles. The SMILES string of the molecule is CN(CC(C)(C)CN)C(=O)c1ccc(OCC(N)=O)cc1.Cl. The van der Waals surface area contributed by atoms with E-state index in [-0.39, 0.29) is 30.3 Å². The number of amides is 2. The number of benzene rings is 1. The summed E-state index contributed by atoms with van der Waals surface area (Å²) >= 11 is 0. The minimum Gasteiger partial charge on any atom is -0.484 e. The number of rotatable bonds is 7. The van der Waals surface area contributed by atoms with Gasteiger partial charge in [-0.1, -0.05) is 13.8 Å². The van der Waals surface area contributed by atoms with Crippen LogP contribution in [0.2, 0.25) is 0 Å². The number of carbonyl (C=O) groups is 2. The molecular formula is C15H24ClN3O3. The van der Waals surface area contributed by atoms with Crippen LogP contribution in [0.3, 0.4) is 0 Å². The highest BCUT2D eigenvalue weighted by atomic mass is 35.5. The number of hydrogen-bond acceptors (Lipinski definition) is 4. The highest BCUT2D eigenvalue weighted by Gasteiger charge is 2.21. The zero-order valence-electron chi connectivity index (χ0n) is 13.2. The van der Waals surface area contributed by atoms with Crippen LogP contribution in [0, 0.1) is 5.41 Å². The van der Waals surface area contributed by atoms with Gasteiger partial charge in [0.2, 0.25) is 0 Å². The first kappa shape index (κ1) is 20.2. The fourth-order valence-electron chi connectivity index (χ4n) is 1.85. The second-order valence-electron chi connectivity index (χ2n) is 5.81. The largest absolute Gasteiger partial charge is 0.484 e.